The number of nitrogens with zero attached hydrogens (tertiary/aromatic N) is 1. The van der Waals surface area contributed by atoms with Gasteiger partial charge >= 0.3 is 5.97 Å². The van der Waals surface area contributed by atoms with E-state index in [1.165, 1.54) is 7.11 Å². The van der Waals surface area contributed by atoms with E-state index in [1.807, 2.05) is 38.1 Å². The number of aryl methyl sites for hydroxylation is 2. The molecule has 0 saturated carbocycles. The lowest BCUT2D eigenvalue weighted by Crippen LogP contribution is -2.37. The Morgan fingerprint density at radius 1 is 1.07 bits per heavy atom. The summed E-state index contributed by atoms with van der Waals surface area (Å²) >= 11 is 0. The third-order valence-corrected chi connectivity index (χ3v) is 4.89. The van der Waals surface area contributed by atoms with E-state index in [0.717, 1.165) is 16.8 Å². The molecule has 29 heavy (non-hydrogen) atoms. The Labute approximate surface area is 170 Å². The van der Waals surface area contributed by atoms with Crippen molar-refractivity contribution < 1.29 is 23.8 Å². The van der Waals surface area contributed by atoms with Crippen LogP contribution in [-0.4, -0.2) is 51.9 Å². The van der Waals surface area contributed by atoms with E-state index in [2.05, 4.69) is 10.2 Å². The van der Waals surface area contributed by atoms with Gasteiger partial charge in [0.1, 0.15) is 5.75 Å². The van der Waals surface area contributed by atoms with Crippen LogP contribution in [-0.2, 0) is 14.3 Å². The van der Waals surface area contributed by atoms with Crippen molar-refractivity contribution in [3.63, 3.8) is 0 Å². The number of ether oxygens (including phenoxy) is 3. The SMILES string of the molecule is COC(=O)c1cc(NC(=O)COc2ccc(C)c(C)c2)ccc1N1CCOCC1. The predicted molar refractivity (Wildman–Crippen MR) is 111 cm³/mol. The minimum atomic E-state index is -0.450. The summed E-state index contributed by atoms with van der Waals surface area (Å²) in [5, 5.41) is 2.77. The third-order valence-electron chi connectivity index (χ3n) is 4.89. The van der Waals surface area contributed by atoms with Gasteiger partial charge in [0.05, 0.1) is 31.6 Å². The molecule has 0 aliphatic carbocycles. The molecule has 7 nitrogen and oxygen atoms in total. The summed E-state index contributed by atoms with van der Waals surface area (Å²) in [4.78, 5) is 26.6. The number of anilines is 2. The maximum absolute atomic E-state index is 12.3. The fourth-order valence-electron chi connectivity index (χ4n) is 3.12. The second-order valence-corrected chi connectivity index (χ2v) is 6.91. The van der Waals surface area contributed by atoms with Crippen molar-refractivity contribution in [3.05, 3.63) is 53.1 Å². The van der Waals surface area contributed by atoms with E-state index >= 15 is 0 Å². The number of benzene rings is 2. The van der Waals surface area contributed by atoms with Gasteiger partial charge in [0.25, 0.3) is 5.91 Å². The number of amides is 1. The lowest BCUT2D eigenvalue weighted by Gasteiger charge is -2.30. The third kappa shape index (κ3) is 5.26. The highest BCUT2D eigenvalue weighted by molar-refractivity contribution is 5.99. The molecule has 1 fully saturated rings. The Hall–Kier alpha value is -3.06. The van der Waals surface area contributed by atoms with Gasteiger partial charge in [0.15, 0.2) is 6.61 Å². The Morgan fingerprint density at radius 2 is 1.83 bits per heavy atom. The molecule has 0 spiro atoms. The molecule has 1 aliphatic heterocycles. The van der Waals surface area contributed by atoms with Gasteiger partial charge in [-0.15, -0.1) is 0 Å². The first-order valence-corrected chi connectivity index (χ1v) is 9.53. The minimum Gasteiger partial charge on any atom is -0.484 e. The second-order valence-electron chi connectivity index (χ2n) is 6.91. The number of carbonyl (C=O) groups is 2. The standard InChI is InChI=1S/C22H26N2O5/c1-15-4-6-18(12-16(15)2)29-14-21(25)23-17-5-7-20(19(13-17)22(26)27-3)24-8-10-28-11-9-24/h4-7,12-13H,8-11,14H2,1-3H3,(H,23,25). The van der Waals surface area contributed by atoms with Crippen LogP contribution < -0.4 is 15.0 Å². The van der Waals surface area contributed by atoms with Crippen LogP contribution >= 0.6 is 0 Å². The normalized spacial score (nSPS) is 13.7. The average Bonchev–Trinajstić information content (AvgIpc) is 2.74. The fourth-order valence-corrected chi connectivity index (χ4v) is 3.12. The van der Waals surface area contributed by atoms with Gasteiger partial charge in [0, 0.05) is 18.8 Å². The van der Waals surface area contributed by atoms with Crippen molar-refractivity contribution >= 4 is 23.3 Å². The number of morpholine rings is 1. The molecule has 1 heterocycles. The summed E-state index contributed by atoms with van der Waals surface area (Å²) in [7, 11) is 1.34. The van der Waals surface area contributed by atoms with E-state index in [-0.39, 0.29) is 12.5 Å². The van der Waals surface area contributed by atoms with E-state index in [0.29, 0.717) is 43.3 Å². The molecular formula is C22H26N2O5. The molecule has 1 saturated heterocycles. The number of esters is 1. The zero-order valence-electron chi connectivity index (χ0n) is 17.0. The van der Waals surface area contributed by atoms with Crippen LogP contribution in [0.2, 0.25) is 0 Å². The minimum absolute atomic E-state index is 0.124. The topological polar surface area (TPSA) is 77.1 Å². The lowest BCUT2D eigenvalue weighted by molar-refractivity contribution is -0.118. The summed E-state index contributed by atoms with van der Waals surface area (Å²) in [6, 6.07) is 10.9. The monoisotopic (exact) mass is 398 g/mol. The predicted octanol–water partition coefficient (Wildman–Crippen LogP) is 2.94. The van der Waals surface area contributed by atoms with Gasteiger partial charge in [-0.3, -0.25) is 4.79 Å². The number of hydrogen-bond donors (Lipinski definition) is 1. The van der Waals surface area contributed by atoms with Gasteiger partial charge in [-0.1, -0.05) is 6.07 Å². The number of rotatable bonds is 6. The molecule has 7 heteroatoms. The van der Waals surface area contributed by atoms with Crippen LogP contribution in [0.4, 0.5) is 11.4 Å². The van der Waals surface area contributed by atoms with Crippen molar-refractivity contribution in [3.8, 4) is 5.75 Å². The average molecular weight is 398 g/mol. The van der Waals surface area contributed by atoms with Crippen molar-refractivity contribution in [2.24, 2.45) is 0 Å². The molecular weight excluding hydrogens is 372 g/mol. The molecule has 0 atom stereocenters. The fraction of sp³-hybridized carbons (Fsp3) is 0.364. The summed E-state index contributed by atoms with van der Waals surface area (Å²) in [5.41, 5.74) is 3.95. The second kappa shape index (κ2) is 9.43. The molecule has 3 rings (SSSR count). The van der Waals surface area contributed by atoms with Crippen LogP contribution in [0.3, 0.4) is 0 Å². The molecule has 0 aromatic heterocycles. The van der Waals surface area contributed by atoms with Gasteiger partial charge in [0.2, 0.25) is 0 Å². The van der Waals surface area contributed by atoms with Crippen LogP contribution in [0.25, 0.3) is 0 Å². The van der Waals surface area contributed by atoms with Crippen LogP contribution in [0.1, 0.15) is 21.5 Å². The number of methoxy groups -OCH3 is 1. The lowest BCUT2D eigenvalue weighted by atomic mass is 10.1. The largest absolute Gasteiger partial charge is 0.484 e. The molecule has 1 aliphatic rings. The van der Waals surface area contributed by atoms with Crippen LogP contribution in [0.15, 0.2) is 36.4 Å². The Bertz CT molecular complexity index is 891. The highest BCUT2D eigenvalue weighted by Gasteiger charge is 2.20. The van der Waals surface area contributed by atoms with Crippen LogP contribution in [0.5, 0.6) is 5.75 Å². The number of nitrogens with one attached hydrogen (secondary N) is 1. The van der Waals surface area contributed by atoms with Gasteiger partial charge in [-0.05, 0) is 55.3 Å². The molecule has 0 unspecified atom stereocenters. The molecule has 0 radical (unpaired) electrons. The summed E-state index contributed by atoms with van der Waals surface area (Å²) in [6.45, 7) is 6.49. The summed E-state index contributed by atoms with van der Waals surface area (Å²) in [6.07, 6.45) is 0. The zero-order valence-corrected chi connectivity index (χ0v) is 17.0. The van der Waals surface area contributed by atoms with Crippen molar-refractivity contribution in [1.29, 1.82) is 0 Å². The molecule has 1 amide bonds. The highest BCUT2D eigenvalue weighted by atomic mass is 16.5. The first kappa shape index (κ1) is 20.7. The molecule has 0 bridgehead atoms. The molecule has 2 aromatic rings. The summed E-state index contributed by atoms with van der Waals surface area (Å²) in [5.74, 6) is -0.117. The smallest absolute Gasteiger partial charge is 0.340 e. The molecule has 2 aromatic carbocycles. The number of carbonyl (C=O) groups excluding carboxylic acids is 2. The quantitative estimate of drug-likeness (QED) is 0.754. The molecule has 154 valence electrons. The first-order valence-electron chi connectivity index (χ1n) is 9.53. The van der Waals surface area contributed by atoms with Crippen molar-refractivity contribution in [2.75, 3.05) is 50.2 Å². The maximum atomic E-state index is 12.3. The Balaban J connectivity index is 1.68. The van der Waals surface area contributed by atoms with Crippen molar-refractivity contribution in [2.45, 2.75) is 13.8 Å². The number of hydrogen-bond acceptors (Lipinski definition) is 6. The summed E-state index contributed by atoms with van der Waals surface area (Å²) < 4.78 is 15.9. The Kier molecular flexibility index (Phi) is 6.72. The highest BCUT2D eigenvalue weighted by Crippen LogP contribution is 2.26. The zero-order chi connectivity index (χ0) is 20.8. The first-order chi connectivity index (χ1) is 14.0. The molecule has 1 N–H and O–H groups in total. The van der Waals surface area contributed by atoms with E-state index in [9.17, 15) is 9.59 Å². The van der Waals surface area contributed by atoms with Gasteiger partial charge in [-0.25, -0.2) is 4.79 Å². The van der Waals surface area contributed by atoms with E-state index in [1.54, 1.807) is 12.1 Å². The van der Waals surface area contributed by atoms with E-state index < -0.39 is 5.97 Å². The van der Waals surface area contributed by atoms with Gasteiger partial charge in [-0.2, -0.15) is 0 Å². The Morgan fingerprint density at radius 3 is 2.52 bits per heavy atom. The van der Waals surface area contributed by atoms with Gasteiger partial charge < -0.3 is 24.4 Å². The maximum Gasteiger partial charge on any atom is 0.340 e. The van der Waals surface area contributed by atoms with Crippen LogP contribution in [0, 0.1) is 13.8 Å². The van der Waals surface area contributed by atoms with Crippen molar-refractivity contribution in [1.82, 2.24) is 0 Å². The van der Waals surface area contributed by atoms with E-state index in [4.69, 9.17) is 14.2 Å².